The zero-order chi connectivity index (χ0) is 24.6. The molecule has 0 aromatic heterocycles. The lowest BCUT2D eigenvalue weighted by Crippen LogP contribution is -2.66. The largest absolute Gasteiger partial charge is 0.394 e. The molecule has 15 heteroatoms. The van der Waals surface area contributed by atoms with E-state index < -0.39 is 105 Å². The van der Waals surface area contributed by atoms with Crippen LogP contribution in [0.15, 0.2) is 0 Å². The fraction of sp³-hybridized carbons (Fsp3) is 1.00. The summed E-state index contributed by atoms with van der Waals surface area (Å²) in [6, 6.07) is 0. The molecular formula is C18H32O15. The predicted octanol–water partition coefficient (Wildman–Crippen LogP) is -6.55. The van der Waals surface area contributed by atoms with Crippen molar-refractivity contribution in [2.75, 3.05) is 13.2 Å². The van der Waals surface area contributed by atoms with Gasteiger partial charge in [0.25, 0.3) is 0 Å². The fourth-order valence-electron chi connectivity index (χ4n) is 3.98. The molecule has 194 valence electrons. The Bertz CT molecular complexity index is 624. The summed E-state index contributed by atoms with van der Waals surface area (Å²) < 4.78 is 26.9. The first-order valence-electron chi connectivity index (χ1n) is 10.4. The van der Waals surface area contributed by atoms with Gasteiger partial charge in [-0.25, -0.2) is 0 Å². The molecule has 3 rings (SSSR count). The molecule has 0 spiro atoms. The van der Waals surface area contributed by atoms with Gasteiger partial charge in [0.15, 0.2) is 18.9 Å². The molecule has 3 heterocycles. The molecule has 3 saturated heterocycles. The average Bonchev–Trinajstić information content (AvgIpc) is 2.80. The first-order chi connectivity index (χ1) is 15.5. The van der Waals surface area contributed by atoms with E-state index >= 15 is 0 Å². The smallest absolute Gasteiger partial charge is 0.187 e. The van der Waals surface area contributed by atoms with E-state index in [4.69, 9.17) is 23.7 Å². The van der Waals surface area contributed by atoms with Crippen molar-refractivity contribution in [1.29, 1.82) is 0 Å². The van der Waals surface area contributed by atoms with Crippen LogP contribution >= 0.6 is 0 Å². The van der Waals surface area contributed by atoms with E-state index in [9.17, 15) is 51.1 Å². The monoisotopic (exact) mass is 488 g/mol. The van der Waals surface area contributed by atoms with Crippen LogP contribution in [0.5, 0.6) is 0 Å². The van der Waals surface area contributed by atoms with Crippen molar-refractivity contribution in [3.05, 3.63) is 0 Å². The molecule has 0 amide bonds. The summed E-state index contributed by atoms with van der Waals surface area (Å²) in [7, 11) is 0. The number of hydrogen-bond donors (Lipinski definition) is 10. The number of aliphatic hydroxyl groups is 10. The SMILES string of the molecule is CC1O[C@@H](OC2C(O)[C@@H](O)C(CO)O[C@H]2O[C@@H]2C(CO)OC(O)C(O)[C@H]2O)[C@@H](O)C(O)[C@@H]1O. The second-order valence-electron chi connectivity index (χ2n) is 8.32. The van der Waals surface area contributed by atoms with E-state index in [1.807, 2.05) is 0 Å². The molecule has 0 aliphatic carbocycles. The molecular weight excluding hydrogens is 456 g/mol. The van der Waals surface area contributed by atoms with Crippen LogP contribution in [0.3, 0.4) is 0 Å². The topological polar surface area (TPSA) is 248 Å². The molecule has 0 saturated carbocycles. The summed E-state index contributed by atoms with van der Waals surface area (Å²) in [5, 5.41) is 99.8. The van der Waals surface area contributed by atoms with Gasteiger partial charge >= 0.3 is 0 Å². The summed E-state index contributed by atoms with van der Waals surface area (Å²) in [5.41, 5.74) is 0. The van der Waals surface area contributed by atoms with E-state index in [1.165, 1.54) is 6.92 Å². The van der Waals surface area contributed by atoms with Gasteiger partial charge in [0.1, 0.15) is 67.1 Å². The molecule has 15 nitrogen and oxygen atoms in total. The van der Waals surface area contributed by atoms with Crippen LogP contribution < -0.4 is 0 Å². The Morgan fingerprint density at radius 2 is 1.12 bits per heavy atom. The van der Waals surface area contributed by atoms with Crippen LogP contribution in [0, 0.1) is 0 Å². The van der Waals surface area contributed by atoms with Crippen molar-refractivity contribution in [3.8, 4) is 0 Å². The maximum atomic E-state index is 10.6. The van der Waals surface area contributed by atoms with Gasteiger partial charge in [-0.1, -0.05) is 0 Å². The van der Waals surface area contributed by atoms with Crippen LogP contribution in [-0.2, 0) is 23.7 Å². The fourth-order valence-corrected chi connectivity index (χ4v) is 3.98. The second kappa shape index (κ2) is 11.0. The molecule has 0 bridgehead atoms. The van der Waals surface area contributed by atoms with Crippen LogP contribution in [0.4, 0.5) is 0 Å². The Morgan fingerprint density at radius 1 is 0.545 bits per heavy atom. The van der Waals surface area contributed by atoms with E-state index in [-0.39, 0.29) is 0 Å². The molecule has 0 aromatic carbocycles. The zero-order valence-electron chi connectivity index (χ0n) is 17.6. The predicted molar refractivity (Wildman–Crippen MR) is 99.8 cm³/mol. The molecule has 10 N–H and O–H groups in total. The minimum atomic E-state index is -1.83. The third-order valence-electron chi connectivity index (χ3n) is 6.05. The number of hydrogen-bond acceptors (Lipinski definition) is 15. The first-order valence-corrected chi connectivity index (χ1v) is 10.4. The zero-order valence-corrected chi connectivity index (χ0v) is 17.6. The lowest BCUT2D eigenvalue weighted by atomic mass is 9.96. The molecule has 15 atom stereocenters. The highest BCUT2D eigenvalue weighted by atomic mass is 16.8. The standard InChI is InChI=1S/C18H32O15/c1-4-7(21)9(23)13(27)17(29-4)33-15-10(24)8(22)5(2-19)31-18(15)32-14-6(3-20)30-16(28)12(26)11(14)25/h4-28H,2-3H2,1H3/t4?,5?,6?,7-,8+,9?,10?,11-,12?,13+,14-,15?,16?,17+,18+/m1/s1. The third-order valence-corrected chi connectivity index (χ3v) is 6.05. The van der Waals surface area contributed by atoms with Crippen molar-refractivity contribution in [3.63, 3.8) is 0 Å². The Hall–Kier alpha value is -0.600. The summed E-state index contributed by atoms with van der Waals surface area (Å²) >= 11 is 0. The van der Waals surface area contributed by atoms with Gasteiger partial charge in [0.05, 0.1) is 19.3 Å². The molecule has 3 fully saturated rings. The summed E-state index contributed by atoms with van der Waals surface area (Å²) in [4.78, 5) is 0. The van der Waals surface area contributed by atoms with Crippen molar-refractivity contribution in [1.82, 2.24) is 0 Å². The Morgan fingerprint density at radius 3 is 1.73 bits per heavy atom. The van der Waals surface area contributed by atoms with Crippen molar-refractivity contribution in [2.45, 2.75) is 99.0 Å². The van der Waals surface area contributed by atoms with Crippen LogP contribution in [0.25, 0.3) is 0 Å². The highest BCUT2D eigenvalue weighted by molar-refractivity contribution is 4.95. The highest BCUT2D eigenvalue weighted by Crippen LogP contribution is 2.32. The normalized spacial score (nSPS) is 53.7. The van der Waals surface area contributed by atoms with Crippen molar-refractivity contribution >= 4 is 0 Å². The van der Waals surface area contributed by atoms with Gasteiger partial charge in [-0.3, -0.25) is 0 Å². The van der Waals surface area contributed by atoms with E-state index in [0.717, 1.165) is 0 Å². The van der Waals surface area contributed by atoms with Crippen LogP contribution in [0.2, 0.25) is 0 Å². The minimum absolute atomic E-state index is 0.760. The Labute approximate surface area is 187 Å². The lowest BCUT2D eigenvalue weighted by Gasteiger charge is -2.48. The van der Waals surface area contributed by atoms with Gasteiger partial charge in [0.2, 0.25) is 0 Å². The van der Waals surface area contributed by atoms with Gasteiger partial charge in [0, 0.05) is 0 Å². The van der Waals surface area contributed by atoms with Crippen molar-refractivity contribution < 1.29 is 74.7 Å². The first kappa shape index (κ1) is 27.0. The Balaban J connectivity index is 1.83. The van der Waals surface area contributed by atoms with Gasteiger partial charge in [-0.05, 0) is 6.92 Å². The number of rotatable bonds is 6. The van der Waals surface area contributed by atoms with E-state index in [0.29, 0.717) is 0 Å². The molecule has 0 radical (unpaired) electrons. The van der Waals surface area contributed by atoms with E-state index in [2.05, 4.69) is 0 Å². The third kappa shape index (κ3) is 5.32. The number of ether oxygens (including phenoxy) is 5. The average molecular weight is 488 g/mol. The molecule has 0 aromatic rings. The maximum Gasteiger partial charge on any atom is 0.187 e. The second-order valence-corrected chi connectivity index (χ2v) is 8.32. The minimum Gasteiger partial charge on any atom is -0.394 e. The van der Waals surface area contributed by atoms with Gasteiger partial charge in [-0.15, -0.1) is 0 Å². The van der Waals surface area contributed by atoms with E-state index in [1.54, 1.807) is 0 Å². The van der Waals surface area contributed by atoms with Crippen molar-refractivity contribution in [2.24, 2.45) is 0 Å². The highest BCUT2D eigenvalue weighted by Gasteiger charge is 2.53. The number of aliphatic hydroxyl groups excluding tert-OH is 10. The molecule has 3 aliphatic rings. The maximum absolute atomic E-state index is 10.6. The summed E-state index contributed by atoms with van der Waals surface area (Å²) in [5.74, 6) is 0. The molecule has 33 heavy (non-hydrogen) atoms. The van der Waals surface area contributed by atoms with Crippen LogP contribution in [-0.4, -0.2) is 156 Å². The quantitative estimate of drug-likeness (QED) is 0.167. The molecule has 3 aliphatic heterocycles. The summed E-state index contributed by atoms with van der Waals surface area (Å²) in [6.45, 7) is -0.128. The molecule has 8 unspecified atom stereocenters. The van der Waals surface area contributed by atoms with Crippen LogP contribution in [0.1, 0.15) is 6.92 Å². The lowest BCUT2D eigenvalue weighted by molar-refractivity contribution is -0.385. The van der Waals surface area contributed by atoms with Gasteiger partial charge < -0.3 is 74.7 Å². The van der Waals surface area contributed by atoms with Gasteiger partial charge in [-0.2, -0.15) is 0 Å². The summed E-state index contributed by atoms with van der Waals surface area (Å²) in [6.07, 6.45) is -24.1. The Kier molecular flexibility index (Phi) is 8.99.